The van der Waals surface area contributed by atoms with E-state index < -0.39 is 0 Å². The average Bonchev–Trinajstić information content (AvgIpc) is 2.47. The number of para-hydroxylation sites is 1. The summed E-state index contributed by atoms with van der Waals surface area (Å²) >= 11 is 0. The van der Waals surface area contributed by atoms with Crippen LogP contribution in [0, 0.1) is 0 Å². The molecule has 2 rings (SSSR count). The lowest BCUT2D eigenvalue weighted by Gasteiger charge is -2.19. The first-order valence-corrected chi connectivity index (χ1v) is 6.53. The van der Waals surface area contributed by atoms with Crippen LogP contribution in [0.2, 0.25) is 0 Å². The Morgan fingerprint density at radius 3 is 2.45 bits per heavy atom. The summed E-state index contributed by atoms with van der Waals surface area (Å²) < 4.78 is 0. The van der Waals surface area contributed by atoms with Gasteiger partial charge in [-0.05, 0) is 43.3 Å². The highest BCUT2D eigenvalue weighted by molar-refractivity contribution is 6.09. The Labute approximate surface area is 118 Å². The second-order valence-corrected chi connectivity index (χ2v) is 4.46. The van der Waals surface area contributed by atoms with Crippen LogP contribution < -0.4 is 10.2 Å². The van der Waals surface area contributed by atoms with Gasteiger partial charge in [0.25, 0.3) is 5.91 Å². The molecule has 4 heteroatoms. The smallest absolute Gasteiger partial charge is 0.260 e. The van der Waals surface area contributed by atoms with Crippen LogP contribution >= 0.6 is 0 Å². The Hall–Kier alpha value is -2.49. The third-order valence-corrected chi connectivity index (χ3v) is 3.07. The molecule has 0 bridgehead atoms. The lowest BCUT2D eigenvalue weighted by Crippen LogP contribution is -2.27. The molecule has 0 saturated carbocycles. The maximum Gasteiger partial charge on any atom is 0.260 e. The van der Waals surface area contributed by atoms with E-state index in [2.05, 4.69) is 5.32 Å². The van der Waals surface area contributed by atoms with Gasteiger partial charge >= 0.3 is 0 Å². The minimum absolute atomic E-state index is 0.0905. The number of phenolic OH excluding ortho intramolecular Hbond substituents is 1. The third-order valence-electron chi connectivity index (χ3n) is 3.07. The van der Waals surface area contributed by atoms with Crippen molar-refractivity contribution >= 4 is 17.3 Å². The zero-order valence-corrected chi connectivity index (χ0v) is 11.6. The number of phenols is 1. The van der Waals surface area contributed by atoms with E-state index >= 15 is 0 Å². The van der Waals surface area contributed by atoms with Crippen molar-refractivity contribution in [2.45, 2.75) is 6.92 Å². The van der Waals surface area contributed by atoms with E-state index in [1.807, 2.05) is 25.1 Å². The zero-order chi connectivity index (χ0) is 14.5. The van der Waals surface area contributed by atoms with Crippen molar-refractivity contribution in [1.29, 1.82) is 0 Å². The van der Waals surface area contributed by atoms with Crippen LogP contribution in [0.15, 0.2) is 48.5 Å². The number of aromatic hydroxyl groups is 1. The molecule has 0 aliphatic heterocycles. The molecule has 0 aromatic heterocycles. The summed E-state index contributed by atoms with van der Waals surface area (Å²) in [6, 6.07) is 14.0. The quantitative estimate of drug-likeness (QED) is 0.897. The fourth-order valence-electron chi connectivity index (χ4n) is 1.99. The predicted octanol–water partition coefficient (Wildman–Crippen LogP) is 3.10. The van der Waals surface area contributed by atoms with Crippen LogP contribution in [-0.2, 0) is 0 Å². The summed E-state index contributed by atoms with van der Waals surface area (Å²) in [6.07, 6.45) is 0. The van der Waals surface area contributed by atoms with E-state index in [4.69, 9.17) is 0 Å². The van der Waals surface area contributed by atoms with Crippen LogP contribution in [-0.4, -0.2) is 24.6 Å². The van der Waals surface area contributed by atoms with Crippen LogP contribution in [0.4, 0.5) is 11.4 Å². The SMILES string of the molecule is CCNc1ccccc1C(=O)N(C)c1ccc(O)cc1. The second kappa shape index (κ2) is 6.10. The number of amides is 1. The van der Waals surface area contributed by atoms with Gasteiger partial charge in [-0.15, -0.1) is 0 Å². The monoisotopic (exact) mass is 270 g/mol. The number of nitrogens with one attached hydrogen (secondary N) is 1. The van der Waals surface area contributed by atoms with Gasteiger partial charge in [-0.3, -0.25) is 4.79 Å². The van der Waals surface area contributed by atoms with E-state index in [-0.39, 0.29) is 11.7 Å². The Balaban J connectivity index is 2.29. The van der Waals surface area contributed by atoms with Crippen molar-refractivity contribution in [3.05, 3.63) is 54.1 Å². The number of rotatable bonds is 4. The molecule has 0 heterocycles. The highest BCUT2D eigenvalue weighted by Gasteiger charge is 2.16. The number of nitrogens with zero attached hydrogens (tertiary/aromatic N) is 1. The Kier molecular flexibility index (Phi) is 4.25. The molecule has 0 fully saturated rings. The van der Waals surface area contributed by atoms with Gasteiger partial charge in [0.1, 0.15) is 5.75 Å². The van der Waals surface area contributed by atoms with E-state index in [1.165, 1.54) is 0 Å². The number of hydrogen-bond acceptors (Lipinski definition) is 3. The van der Waals surface area contributed by atoms with Crippen molar-refractivity contribution in [2.24, 2.45) is 0 Å². The molecule has 104 valence electrons. The van der Waals surface area contributed by atoms with Gasteiger partial charge in [-0.1, -0.05) is 12.1 Å². The number of carbonyl (C=O) groups is 1. The van der Waals surface area contributed by atoms with Gasteiger partial charge in [0.2, 0.25) is 0 Å². The first-order valence-electron chi connectivity index (χ1n) is 6.53. The van der Waals surface area contributed by atoms with E-state index in [9.17, 15) is 9.90 Å². The Morgan fingerprint density at radius 1 is 1.15 bits per heavy atom. The first kappa shape index (κ1) is 13.9. The van der Waals surface area contributed by atoms with Gasteiger partial charge < -0.3 is 15.3 Å². The number of carbonyl (C=O) groups excluding carboxylic acids is 1. The van der Waals surface area contributed by atoms with Crippen molar-refractivity contribution < 1.29 is 9.90 Å². The third kappa shape index (κ3) is 2.91. The van der Waals surface area contributed by atoms with Crippen molar-refractivity contribution in [3.63, 3.8) is 0 Å². The van der Waals surface area contributed by atoms with E-state index in [1.54, 1.807) is 42.3 Å². The van der Waals surface area contributed by atoms with Crippen molar-refractivity contribution in [1.82, 2.24) is 0 Å². The maximum absolute atomic E-state index is 12.5. The molecule has 0 unspecified atom stereocenters. The van der Waals surface area contributed by atoms with Gasteiger partial charge in [0, 0.05) is 25.0 Å². The van der Waals surface area contributed by atoms with Crippen LogP contribution in [0.1, 0.15) is 17.3 Å². The predicted molar refractivity (Wildman–Crippen MR) is 81.4 cm³/mol. The van der Waals surface area contributed by atoms with Gasteiger partial charge in [-0.25, -0.2) is 0 Å². The number of anilines is 2. The summed E-state index contributed by atoms with van der Waals surface area (Å²) in [6.45, 7) is 2.75. The normalized spacial score (nSPS) is 10.1. The largest absolute Gasteiger partial charge is 0.508 e. The topological polar surface area (TPSA) is 52.6 Å². The van der Waals surface area contributed by atoms with Crippen LogP contribution in [0.3, 0.4) is 0 Å². The summed E-state index contributed by atoms with van der Waals surface area (Å²) in [4.78, 5) is 14.1. The molecule has 20 heavy (non-hydrogen) atoms. The van der Waals surface area contributed by atoms with Gasteiger partial charge in [0.05, 0.1) is 5.56 Å². The summed E-state index contributed by atoms with van der Waals surface area (Å²) in [5.74, 6) is 0.0925. The Morgan fingerprint density at radius 2 is 1.80 bits per heavy atom. The summed E-state index contributed by atoms with van der Waals surface area (Å²) in [7, 11) is 1.72. The highest BCUT2D eigenvalue weighted by Crippen LogP contribution is 2.22. The molecule has 0 atom stereocenters. The molecule has 0 aliphatic carbocycles. The lowest BCUT2D eigenvalue weighted by molar-refractivity contribution is 0.0993. The van der Waals surface area contributed by atoms with E-state index in [0.717, 1.165) is 17.9 Å². The van der Waals surface area contributed by atoms with Crippen LogP contribution in [0.5, 0.6) is 5.75 Å². The molecule has 2 aromatic carbocycles. The fraction of sp³-hybridized carbons (Fsp3) is 0.188. The summed E-state index contributed by atoms with van der Waals surface area (Å²) in [5, 5.41) is 12.5. The van der Waals surface area contributed by atoms with Crippen molar-refractivity contribution in [3.8, 4) is 5.75 Å². The molecule has 1 amide bonds. The van der Waals surface area contributed by atoms with Gasteiger partial charge in [-0.2, -0.15) is 0 Å². The average molecular weight is 270 g/mol. The van der Waals surface area contributed by atoms with Crippen molar-refractivity contribution in [2.75, 3.05) is 23.8 Å². The fourth-order valence-corrected chi connectivity index (χ4v) is 1.99. The maximum atomic E-state index is 12.5. The molecule has 0 aliphatic rings. The molecule has 4 nitrogen and oxygen atoms in total. The number of benzene rings is 2. The number of hydrogen-bond donors (Lipinski definition) is 2. The molecule has 2 aromatic rings. The molecular weight excluding hydrogens is 252 g/mol. The second-order valence-electron chi connectivity index (χ2n) is 4.46. The first-order chi connectivity index (χ1) is 9.63. The minimum Gasteiger partial charge on any atom is -0.508 e. The molecule has 2 N–H and O–H groups in total. The minimum atomic E-state index is -0.0905. The van der Waals surface area contributed by atoms with Crippen LogP contribution in [0.25, 0.3) is 0 Å². The molecular formula is C16H18N2O2. The molecule has 0 saturated heterocycles. The van der Waals surface area contributed by atoms with E-state index in [0.29, 0.717) is 5.56 Å². The standard InChI is InChI=1S/C16H18N2O2/c1-3-17-15-7-5-4-6-14(15)16(20)18(2)12-8-10-13(19)11-9-12/h4-11,17,19H,3H2,1-2H3. The zero-order valence-electron chi connectivity index (χ0n) is 11.6. The molecule has 0 spiro atoms. The highest BCUT2D eigenvalue weighted by atomic mass is 16.3. The Bertz CT molecular complexity index is 594. The summed E-state index contributed by atoms with van der Waals surface area (Å²) in [5.41, 5.74) is 2.19. The molecule has 0 radical (unpaired) electrons. The van der Waals surface area contributed by atoms with Gasteiger partial charge in [0.15, 0.2) is 0 Å². The lowest BCUT2D eigenvalue weighted by atomic mass is 10.1.